The highest BCUT2D eigenvalue weighted by atomic mass is 16.5. The smallest absolute Gasteiger partial charge is 0.352 e. The number of aromatic nitrogens is 1. The van der Waals surface area contributed by atoms with Gasteiger partial charge in [-0.2, -0.15) is 0 Å². The van der Waals surface area contributed by atoms with Gasteiger partial charge >= 0.3 is 5.97 Å². The lowest BCUT2D eigenvalue weighted by Gasteiger charge is -2.41. The van der Waals surface area contributed by atoms with Crippen LogP contribution in [0.5, 0.6) is 5.75 Å². The van der Waals surface area contributed by atoms with Gasteiger partial charge < -0.3 is 25.5 Å². The average molecular weight is 464 g/mol. The topological polar surface area (TPSA) is 124 Å². The second-order valence-electron chi connectivity index (χ2n) is 8.77. The molecule has 0 unspecified atom stereocenters. The van der Waals surface area contributed by atoms with Crippen molar-refractivity contribution in [1.29, 1.82) is 0 Å². The number of nitrogens with one attached hydrogen (secondary N) is 1. The highest BCUT2D eigenvalue weighted by molar-refractivity contribution is 6.05. The van der Waals surface area contributed by atoms with Crippen molar-refractivity contribution in [1.82, 2.24) is 9.88 Å². The first kappa shape index (κ1) is 23.4. The number of amides is 2. The summed E-state index contributed by atoms with van der Waals surface area (Å²) in [6, 6.07) is 14.6. The van der Waals surface area contributed by atoms with Gasteiger partial charge in [0.15, 0.2) is 0 Å². The molecule has 1 heterocycles. The maximum Gasteiger partial charge on any atom is 0.352 e. The summed E-state index contributed by atoms with van der Waals surface area (Å²) in [7, 11) is 3.22. The van der Waals surface area contributed by atoms with E-state index < -0.39 is 23.2 Å². The van der Waals surface area contributed by atoms with Crippen molar-refractivity contribution in [3.05, 3.63) is 65.4 Å². The fraction of sp³-hybridized carbons (Fsp3) is 0.346. The highest BCUT2D eigenvalue weighted by Gasteiger charge is 2.53. The molecular formula is C26H29N3O5. The SMILES string of the molecule is COc1ccccc1CNC(=O)[C@@H]1CCCC[C@@]1(C(N)=O)c1c(C(=O)O)n(C)c2ccccc12. The largest absolute Gasteiger partial charge is 0.496 e. The van der Waals surface area contributed by atoms with Gasteiger partial charge in [0.25, 0.3) is 0 Å². The predicted molar refractivity (Wildman–Crippen MR) is 128 cm³/mol. The summed E-state index contributed by atoms with van der Waals surface area (Å²) in [5, 5.41) is 13.7. The third-order valence-electron chi connectivity index (χ3n) is 7.07. The van der Waals surface area contributed by atoms with Gasteiger partial charge in [-0.25, -0.2) is 4.79 Å². The molecule has 0 aliphatic heterocycles. The molecule has 1 saturated carbocycles. The van der Waals surface area contributed by atoms with E-state index in [0.717, 1.165) is 12.0 Å². The number of hydrogen-bond donors (Lipinski definition) is 3. The number of carboxylic acids is 1. The molecule has 2 amide bonds. The second-order valence-corrected chi connectivity index (χ2v) is 8.77. The lowest BCUT2D eigenvalue weighted by molar-refractivity contribution is -0.137. The molecule has 1 fully saturated rings. The van der Waals surface area contributed by atoms with E-state index >= 15 is 0 Å². The summed E-state index contributed by atoms with van der Waals surface area (Å²) in [5.41, 5.74) is 6.41. The van der Waals surface area contributed by atoms with Crippen LogP contribution in [0.15, 0.2) is 48.5 Å². The third kappa shape index (κ3) is 3.69. The van der Waals surface area contributed by atoms with E-state index in [0.29, 0.717) is 41.5 Å². The number of methoxy groups -OCH3 is 1. The van der Waals surface area contributed by atoms with Crippen LogP contribution in [0.2, 0.25) is 0 Å². The van der Waals surface area contributed by atoms with Crippen molar-refractivity contribution in [2.75, 3.05) is 7.11 Å². The molecule has 1 aromatic heterocycles. The summed E-state index contributed by atoms with van der Waals surface area (Å²) in [6.45, 7) is 0.218. The second kappa shape index (κ2) is 9.21. The molecule has 178 valence electrons. The lowest BCUT2D eigenvalue weighted by Crippen LogP contribution is -2.54. The number of para-hydroxylation sites is 2. The minimum Gasteiger partial charge on any atom is -0.496 e. The summed E-state index contributed by atoms with van der Waals surface area (Å²) >= 11 is 0. The van der Waals surface area contributed by atoms with E-state index in [4.69, 9.17) is 10.5 Å². The number of benzene rings is 2. The number of ether oxygens (including phenoxy) is 1. The highest BCUT2D eigenvalue weighted by Crippen LogP contribution is 2.48. The zero-order valence-corrected chi connectivity index (χ0v) is 19.3. The zero-order chi connectivity index (χ0) is 24.5. The van der Waals surface area contributed by atoms with Crippen molar-refractivity contribution >= 4 is 28.7 Å². The molecule has 3 aromatic rings. The number of aryl methyl sites for hydroxylation is 1. The van der Waals surface area contributed by atoms with Crippen molar-refractivity contribution in [2.24, 2.45) is 18.7 Å². The van der Waals surface area contributed by atoms with Crippen molar-refractivity contribution in [3.63, 3.8) is 0 Å². The Morgan fingerprint density at radius 2 is 1.85 bits per heavy atom. The van der Waals surface area contributed by atoms with E-state index in [-0.39, 0.29) is 18.1 Å². The standard InChI is InChI=1S/C26H29N3O5/c1-29-19-12-5-4-10-17(19)21(22(29)24(31)32)26(25(27)33)14-8-7-11-18(26)23(30)28-15-16-9-3-6-13-20(16)34-2/h3-6,9-10,12-13,18H,7-8,11,14-15H2,1-2H3,(H2,27,33)(H,28,30)(H,31,32)/t18-,26-/m0/s1. The first-order chi connectivity index (χ1) is 16.3. The molecule has 1 aliphatic carbocycles. The van der Waals surface area contributed by atoms with Crippen LogP contribution in [-0.2, 0) is 28.6 Å². The van der Waals surface area contributed by atoms with Gasteiger partial charge in [0.1, 0.15) is 11.4 Å². The number of aromatic carboxylic acids is 1. The summed E-state index contributed by atoms with van der Waals surface area (Å²) in [6.07, 6.45) is 2.16. The quantitative estimate of drug-likeness (QED) is 0.497. The van der Waals surface area contributed by atoms with Crippen LogP contribution in [0.1, 0.15) is 47.3 Å². The van der Waals surface area contributed by atoms with E-state index in [2.05, 4.69) is 5.32 Å². The van der Waals surface area contributed by atoms with Gasteiger partial charge in [0, 0.05) is 35.6 Å². The Kier molecular flexibility index (Phi) is 6.32. The molecule has 0 radical (unpaired) electrons. The maximum atomic E-state index is 13.6. The normalized spacial score (nSPS) is 20.1. The molecular weight excluding hydrogens is 434 g/mol. The summed E-state index contributed by atoms with van der Waals surface area (Å²) < 4.78 is 6.94. The van der Waals surface area contributed by atoms with Gasteiger partial charge in [-0.3, -0.25) is 9.59 Å². The van der Waals surface area contributed by atoms with Crippen LogP contribution in [0.3, 0.4) is 0 Å². The Hall–Kier alpha value is -3.81. The molecule has 0 bridgehead atoms. The fourth-order valence-corrected chi connectivity index (χ4v) is 5.49. The Bertz CT molecular complexity index is 1260. The molecule has 4 rings (SSSR count). The molecule has 8 nitrogen and oxygen atoms in total. The molecule has 0 spiro atoms. The zero-order valence-electron chi connectivity index (χ0n) is 19.3. The minimum atomic E-state index is -1.43. The van der Waals surface area contributed by atoms with Crippen molar-refractivity contribution in [2.45, 2.75) is 37.6 Å². The summed E-state index contributed by atoms with van der Waals surface area (Å²) in [4.78, 5) is 39.2. The van der Waals surface area contributed by atoms with Crippen LogP contribution in [-0.4, -0.2) is 34.6 Å². The van der Waals surface area contributed by atoms with Crippen molar-refractivity contribution in [3.8, 4) is 5.75 Å². The number of rotatable bonds is 7. The predicted octanol–water partition coefficient (Wildman–Crippen LogP) is 3.11. The van der Waals surface area contributed by atoms with Gasteiger partial charge in [0.05, 0.1) is 18.4 Å². The number of carbonyl (C=O) groups excluding carboxylic acids is 2. The number of nitrogens with two attached hydrogens (primary N) is 1. The Morgan fingerprint density at radius 1 is 1.15 bits per heavy atom. The van der Waals surface area contributed by atoms with Gasteiger partial charge in [-0.15, -0.1) is 0 Å². The number of primary amides is 1. The van der Waals surface area contributed by atoms with E-state index in [9.17, 15) is 19.5 Å². The molecule has 1 aliphatic rings. The Balaban J connectivity index is 1.82. The third-order valence-corrected chi connectivity index (χ3v) is 7.07. The van der Waals surface area contributed by atoms with Crippen LogP contribution < -0.4 is 15.8 Å². The summed E-state index contributed by atoms with van der Waals surface area (Å²) in [5.74, 6) is -2.31. The number of carbonyl (C=O) groups is 3. The molecule has 34 heavy (non-hydrogen) atoms. The molecule has 2 atom stereocenters. The van der Waals surface area contributed by atoms with Gasteiger partial charge in [-0.05, 0) is 25.0 Å². The van der Waals surface area contributed by atoms with E-state index in [1.165, 1.54) is 0 Å². The van der Waals surface area contributed by atoms with Crippen molar-refractivity contribution < 1.29 is 24.2 Å². The number of carboxylic acid groups (broad SMARTS) is 1. The first-order valence-electron chi connectivity index (χ1n) is 11.3. The van der Waals surface area contributed by atoms with Crippen LogP contribution >= 0.6 is 0 Å². The first-order valence-corrected chi connectivity index (χ1v) is 11.3. The number of hydrogen-bond acceptors (Lipinski definition) is 4. The molecule has 4 N–H and O–H groups in total. The average Bonchev–Trinajstić information content (AvgIpc) is 3.15. The Morgan fingerprint density at radius 3 is 2.56 bits per heavy atom. The molecule has 2 aromatic carbocycles. The molecule has 0 saturated heterocycles. The lowest BCUT2D eigenvalue weighted by atomic mass is 9.60. The minimum absolute atomic E-state index is 0.00979. The Labute approximate surface area is 197 Å². The van der Waals surface area contributed by atoms with E-state index in [1.54, 1.807) is 36.9 Å². The molecule has 8 heteroatoms. The van der Waals surface area contributed by atoms with Crippen LogP contribution in [0, 0.1) is 5.92 Å². The monoisotopic (exact) mass is 463 g/mol. The van der Waals surface area contributed by atoms with Gasteiger partial charge in [0.2, 0.25) is 11.8 Å². The van der Waals surface area contributed by atoms with E-state index in [1.807, 2.05) is 30.3 Å². The number of fused-ring (bicyclic) bond motifs is 1. The van der Waals surface area contributed by atoms with Crippen LogP contribution in [0.25, 0.3) is 10.9 Å². The maximum absolute atomic E-state index is 13.6. The fourth-order valence-electron chi connectivity index (χ4n) is 5.49. The van der Waals surface area contributed by atoms with Crippen LogP contribution in [0.4, 0.5) is 0 Å². The van der Waals surface area contributed by atoms with Gasteiger partial charge in [-0.1, -0.05) is 49.2 Å². The number of nitrogens with zero attached hydrogens (tertiary/aromatic N) is 1.